The lowest BCUT2D eigenvalue weighted by molar-refractivity contribution is 0.0549. The van der Waals surface area contributed by atoms with Gasteiger partial charge >= 0.3 is 5.97 Å². The Morgan fingerprint density at radius 1 is 1.50 bits per heavy atom. The van der Waals surface area contributed by atoms with E-state index in [0.717, 1.165) is 10.2 Å². The first-order valence-electron chi connectivity index (χ1n) is 5.75. The van der Waals surface area contributed by atoms with Crippen LogP contribution in [0.2, 0.25) is 0 Å². The van der Waals surface area contributed by atoms with Gasteiger partial charge in [0.05, 0.1) is 16.6 Å². The quantitative estimate of drug-likeness (QED) is 0.591. The summed E-state index contributed by atoms with van der Waals surface area (Å²) in [6, 6.07) is 5.14. The molecule has 4 heteroatoms. The van der Waals surface area contributed by atoms with Crippen LogP contribution in [0.1, 0.15) is 24.2 Å². The van der Waals surface area contributed by atoms with E-state index >= 15 is 0 Å². The monoisotopic (exact) mass is 312 g/mol. The van der Waals surface area contributed by atoms with Gasteiger partial charge in [0.2, 0.25) is 0 Å². The van der Waals surface area contributed by atoms with Crippen molar-refractivity contribution in [1.82, 2.24) is 0 Å². The van der Waals surface area contributed by atoms with Crippen LogP contribution in [0.3, 0.4) is 0 Å². The Balaban J connectivity index is 2.72. The third-order valence-corrected chi connectivity index (χ3v) is 2.69. The highest BCUT2D eigenvalue weighted by Crippen LogP contribution is 2.26. The third kappa shape index (κ3) is 4.53. The minimum absolute atomic E-state index is 0.210. The number of hydrogen-bond acceptors (Lipinski definition) is 3. The molecule has 0 aliphatic carbocycles. The maximum Gasteiger partial charge on any atom is 0.338 e. The van der Waals surface area contributed by atoms with Crippen molar-refractivity contribution < 1.29 is 14.3 Å². The summed E-state index contributed by atoms with van der Waals surface area (Å²) in [5.74, 6) is 0.809. The van der Waals surface area contributed by atoms with E-state index in [1.54, 1.807) is 18.2 Å². The van der Waals surface area contributed by atoms with Crippen molar-refractivity contribution in [2.24, 2.45) is 5.92 Å². The van der Waals surface area contributed by atoms with E-state index in [-0.39, 0.29) is 12.6 Å². The highest BCUT2D eigenvalue weighted by Gasteiger charge is 2.10. The van der Waals surface area contributed by atoms with Crippen LogP contribution in [-0.4, -0.2) is 19.2 Å². The van der Waals surface area contributed by atoms with Gasteiger partial charge in [0.25, 0.3) is 0 Å². The number of carbonyl (C=O) groups excluding carboxylic acids is 1. The van der Waals surface area contributed by atoms with Gasteiger partial charge in [-0.1, -0.05) is 26.5 Å². The molecule has 3 nitrogen and oxygen atoms in total. The minimum Gasteiger partial charge on any atom is -0.492 e. The van der Waals surface area contributed by atoms with Gasteiger partial charge in [-0.25, -0.2) is 4.79 Å². The molecule has 0 saturated carbocycles. The Bertz CT molecular complexity index is 427. The molecule has 1 rings (SSSR count). The molecule has 0 amide bonds. The van der Waals surface area contributed by atoms with E-state index in [1.165, 1.54) is 6.08 Å². The van der Waals surface area contributed by atoms with Crippen LogP contribution in [-0.2, 0) is 4.74 Å². The van der Waals surface area contributed by atoms with E-state index in [9.17, 15) is 4.79 Å². The van der Waals surface area contributed by atoms with E-state index in [0.29, 0.717) is 18.1 Å². The lowest BCUT2D eigenvalue weighted by atomic mass is 10.2. The van der Waals surface area contributed by atoms with E-state index in [1.807, 2.05) is 0 Å². The van der Waals surface area contributed by atoms with Crippen molar-refractivity contribution in [1.29, 1.82) is 0 Å². The second-order valence-electron chi connectivity index (χ2n) is 4.24. The van der Waals surface area contributed by atoms with Crippen molar-refractivity contribution in [3.8, 4) is 5.75 Å². The molecular weight excluding hydrogens is 296 g/mol. The average Bonchev–Trinajstić information content (AvgIpc) is 2.34. The highest BCUT2D eigenvalue weighted by atomic mass is 79.9. The normalized spacial score (nSPS) is 10.2. The molecule has 1 aromatic carbocycles. The van der Waals surface area contributed by atoms with Gasteiger partial charge in [-0.05, 0) is 40.0 Å². The fourth-order valence-corrected chi connectivity index (χ4v) is 1.71. The summed E-state index contributed by atoms with van der Waals surface area (Å²) < 4.78 is 11.3. The molecule has 0 spiro atoms. The predicted molar refractivity (Wildman–Crippen MR) is 75.0 cm³/mol. The van der Waals surface area contributed by atoms with Crippen molar-refractivity contribution >= 4 is 21.9 Å². The van der Waals surface area contributed by atoms with Gasteiger partial charge in [0, 0.05) is 0 Å². The number of rotatable bonds is 6. The van der Waals surface area contributed by atoms with E-state index in [2.05, 4.69) is 36.4 Å². The highest BCUT2D eigenvalue weighted by molar-refractivity contribution is 9.10. The fourth-order valence-electron chi connectivity index (χ4n) is 1.22. The molecule has 0 aliphatic heterocycles. The van der Waals surface area contributed by atoms with Gasteiger partial charge in [0.15, 0.2) is 0 Å². The summed E-state index contributed by atoms with van der Waals surface area (Å²) in [7, 11) is 0. The molecule has 98 valence electrons. The largest absolute Gasteiger partial charge is 0.492 e. The standard InChI is InChI=1S/C14H17BrO3/c1-4-7-17-14(16)11-5-6-13(12(15)8-11)18-9-10(2)3/h4-6,8,10H,1,7,9H2,2-3H3. The summed E-state index contributed by atoms with van der Waals surface area (Å²) in [5, 5.41) is 0. The first-order valence-corrected chi connectivity index (χ1v) is 6.54. The van der Waals surface area contributed by atoms with Crippen LogP contribution >= 0.6 is 15.9 Å². The molecule has 0 heterocycles. The zero-order chi connectivity index (χ0) is 13.5. The van der Waals surface area contributed by atoms with Crippen molar-refractivity contribution in [3.05, 3.63) is 40.9 Å². The van der Waals surface area contributed by atoms with Gasteiger partial charge in [-0.15, -0.1) is 0 Å². The molecule has 0 radical (unpaired) electrons. The zero-order valence-electron chi connectivity index (χ0n) is 10.6. The topological polar surface area (TPSA) is 35.5 Å². The van der Waals surface area contributed by atoms with Crippen LogP contribution < -0.4 is 4.74 Å². The molecule has 0 saturated heterocycles. The summed E-state index contributed by atoms with van der Waals surface area (Å²) in [6.07, 6.45) is 1.53. The van der Waals surface area contributed by atoms with Gasteiger partial charge in [-0.2, -0.15) is 0 Å². The molecule has 0 unspecified atom stereocenters. The Kier molecular flexibility index (Phi) is 5.92. The van der Waals surface area contributed by atoms with Crippen molar-refractivity contribution in [2.75, 3.05) is 13.2 Å². The maximum atomic E-state index is 11.6. The molecule has 0 aromatic heterocycles. The maximum absolute atomic E-state index is 11.6. The zero-order valence-corrected chi connectivity index (χ0v) is 12.2. The summed E-state index contributed by atoms with van der Waals surface area (Å²) >= 11 is 3.38. The van der Waals surface area contributed by atoms with Gasteiger partial charge in [-0.3, -0.25) is 0 Å². The summed E-state index contributed by atoms with van der Waals surface area (Å²) in [4.78, 5) is 11.6. The van der Waals surface area contributed by atoms with Crippen LogP contribution in [0, 0.1) is 5.92 Å². The van der Waals surface area contributed by atoms with E-state index < -0.39 is 0 Å². The summed E-state index contributed by atoms with van der Waals surface area (Å²) in [5.41, 5.74) is 0.487. The molecule has 1 aromatic rings. The van der Waals surface area contributed by atoms with Gasteiger partial charge < -0.3 is 9.47 Å². The Morgan fingerprint density at radius 3 is 2.78 bits per heavy atom. The number of hydrogen-bond donors (Lipinski definition) is 0. The van der Waals surface area contributed by atoms with E-state index in [4.69, 9.17) is 9.47 Å². The Hall–Kier alpha value is -1.29. The average molecular weight is 313 g/mol. The number of esters is 1. The lowest BCUT2D eigenvalue weighted by Crippen LogP contribution is -2.07. The Labute approximate surface area is 116 Å². The van der Waals surface area contributed by atoms with Gasteiger partial charge in [0.1, 0.15) is 12.4 Å². The second-order valence-corrected chi connectivity index (χ2v) is 5.09. The molecular formula is C14H17BrO3. The number of halogens is 1. The van der Waals surface area contributed by atoms with Crippen LogP contribution in [0.5, 0.6) is 5.75 Å². The Morgan fingerprint density at radius 2 is 2.22 bits per heavy atom. The molecule has 0 bridgehead atoms. The van der Waals surface area contributed by atoms with Crippen LogP contribution in [0.4, 0.5) is 0 Å². The first kappa shape index (κ1) is 14.8. The molecule has 0 N–H and O–H groups in total. The molecule has 0 atom stereocenters. The molecule has 0 fully saturated rings. The second kappa shape index (κ2) is 7.21. The fraction of sp³-hybridized carbons (Fsp3) is 0.357. The smallest absolute Gasteiger partial charge is 0.338 e. The SMILES string of the molecule is C=CCOC(=O)c1ccc(OCC(C)C)c(Br)c1. The first-order chi connectivity index (χ1) is 8.54. The third-order valence-electron chi connectivity index (χ3n) is 2.07. The number of carbonyl (C=O) groups is 1. The van der Waals surface area contributed by atoms with Crippen LogP contribution in [0.25, 0.3) is 0 Å². The van der Waals surface area contributed by atoms with Crippen molar-refractivity contribution in [2.45, 2.75) is 13.8 Å². The molecule has 0 aliphatic rings. The van der Waals surface area contributed by atoms with Crippen molar-refractivity contribution in [3.63, 3.8) is 0 Å². The summed E-state index contributed by atoms with van der Waals surface area (Å²) in [6.45, 7) is 8.50. The number of ether oxygens (including phenoxy) is 2. The minimum atomic E-state index is -0.369. The number of benzene rings is 1. The lowest BCUT2D eigenvalue weighted by Gasteiger charge is -2.11. The van der Waals surface area contributed by atoms with Crippen LogP contribution in [0.15, 0.2) is 35.3 Å². The predicted octanol–water partition coefficient (Wildman–Crippen LogP) is 3.83. The molecule has 18 heavy (non-hydrogen) atoms.